The van der Waals surface area contributed by atoms with Crippen LogP contribution in [-0.2, 0) is 4.74 Å². The maximum atomic E-state index is 13.7. The van der Waals surface area contributed by atoms with Crippen molar-refractivity contribution in [1.29, 1.82) is 0 Å². The lowest BCUT2D eigenvalue weighted by molar-refractivity contribution is 0.0218. The number of anilines is 1. The minimum absolute atomic E-state index is 0.0407. The lowest BCUT2D eigenvalue weighted by atomic mass is 10.1. The van der Waals surface area contributed by atoms with Crippen molar-refractivity contribution >= 4 is 11.8 Å². The number of nitrogens with zero attached hydrogens (tertiary/aromatic N) is 1. The maximum Gasteiger partial charge on any atom is 0.410 e. The van der Waals surface area contributed by atoms with Crippen LogP contribution in [-0.4, -0.2) is 35.2 Å². The summed E-state index contributed by atoms with van der Waals surface area (Å²) in [6.45, 7) is 8.09. The standard InChI is InChI=1S/C18H26F2N2O2/c1-12(21-15-9-5-8-14(19)16(15)20)11-13-7-6-10-22(13)17(23)24-18(2,3)4/h5,8-9,12-13,21H,6-7,10-11H2,1-4H3. The highest BCUT2D eigenvalue weighted by Gasteiger charge is 2.33. The molecule has 0 saturated carbocycles. The van der Waals surface area contributed by atoms with Gasteiger partial charge in [0.1, 0.15) is 5.60 Å². The first-order valence-electron chi connectivity index (χ1n) is 8.37. The number of carbonyl (C=O) groups excluding carboxylic acids is 1. The van der Waals surface area contributed by atoms with E-state index in [0.29, 0.717) is 13.0 Å². The molecular weight excluding hydrogens is 314 g/mol. The van der Waals surface area contributed by atoms with Gasteiger partial charge in [-0.1, -0.05) is 6.07 Å². The highest BCUT2D eigenvalue weighted by atomic mass is 19.2. The number of amides is 1. The van der Waals surface area contributed by atoms with Crippen molar-refractivity contribution in [2.75, 3.05) is 11.9 Å². The second-order valence-corrected chi connectivity index (χ2v) is 7.35. The molecular formula is C18H26F2N2O2. The minimum Gasteiger partial charge on any atom is -0.444 e. The molecule has 1 aromatic rings. The van der Waals surface area contributed by atoms with Crippen molar-refractivity contribution in [2.24, 2.45) is 0 Å². The van der Waals surface area contributed by atoms with Crippen LogP contribution in [0, 0.1) is 11.6 Å². The van der Waals surface area contributed by atoms with E-state index in [2.05, 4.69) is 5.32 Å². The molecule has 0 bridgehead atoms. The van der Waals surface area contributed by atoms with Gasteiger partial charge in [0.05, 0.1) is 5.69 Å². The van der Waals surface area contributed by atoms with Crippen LogP contribution in [0.1, 0.15) is 47.0 Å². The Morgan fingerprint density at radius 3 is 2.79 bits per heavy atom. The third-order valence-corrected chi connectivity index (χ3v) is 3.98. The Balaban J connectivity index is 1.96. The van der Waals surface area contributed by atoms with E-state index in [0.717, 1.165) is 18.9 Å². The quantitative estimate of drug-likeness (QED) is 0.874. The number of nitrogens with one attached hydrogen (secondary N) is 1. The number of likely N-dealkylation sites (tertiary alicyclic amines) is 1. The van der Waals surface area contributed by atoms with Crippen LogP contribution in [0.25, 0.3) is 0 Å². The van der Waals surface area contributed by atoms with Gasteiger partial charge in [-0.15, -0.1) is 0 Å². The van der Waals surface area contributed by atoms with Gasteiger partial charge in [0.2, 0.25) is 0 Å². The second kappa shape index (κ2) is 7.36. The molecule has 0 aliphatic carbocycles. The predicted molar refractivity (Wildman–Crippen MR) is 90.0 cm³/mol. The summed E-state index contributed by atoms with van der Waals surface area (Å²) in [5, 5.41) is 2.99. The van der Waals surface area contributed by atoms with Crippen LogP contribution in [0.5, 0.6) is 0 Å². The Hall–Kier alpha value is -1.85. The zero-order valence-electron chi connectivity index (χ0n) is 14.7. The highest BCUT2D eigenvalue weighted by Crippen LogP contribution is 2.25. The molecule has 24 heavy (non-hydrogen) atoms. The first kappa shape index (κ1) is 18.5. The van der Waals surface area contributed by atoms with Gasteiger partial charge in [0.25, 0.3) is 0 Å². The van der Waals surface area contributed by atoms with Crippen molar-refractivity contribution in [1.82, 2.24) is 4.90 Å². The van der Waals surface area contributed by atoms with Crippen LogP contribution >= 0.6 is 0 Å². The molecule has 6 heteroatoms. The van der Waals surface area contributed by atoms with E-state index < -0.39 is 17.2 Å². The van der Waals surface area contributed by atoms with Crippen molar-refractivity contribution in [2.45, 2.75) is 64.6 Å². The highest BCUT2D eigenvalue weighted by molar-refractivity contribution is 5.69. The Kier molecular flexibility index (Phi) is 5.67. The average Bonchev–Trinajstić information content (AvgIpc) is 2.90. The molecule has 4 nitrogen and oxygen atoms in total. The average molecular weight is 340 g/mol. The molecule has 2 atom stereocenters. The van der Waals surface area contributed by atoms with Crippen LogP contribution in [0.4, 0.5) is 19.3 Å². The van der Waals surface area contributed by atoms with Gasteiger partial charge < -0.3 is 15.0 Å². The predicted octanol–water partition coefficient (Wildman–Crippen LogP) is 4.55. The number of halogens is 2. The maximum absolute atomic E-state index is 13.7. The summed E-state index contributed by atoms with van der Waals surface area (Å²) in [6.07, 6.45) is 2.14. The number of rotatable bonds is 4. The van der Waals surface area contributed by atoms with E-state index >= 15 is 0 Å². The van der Waals surface area contributed by atoms with E-state index in [1.807, 2.05) is 27.7 Å². The minimum atomic E-state index is -0.875. The van der Waals surface area contributed by atoms with Crippen LogP contribution in [0.2, 0.25) is 0 Å². The number of ether oxygens (including phenoxy) is 1. The Morgan fingerprint density at radius 1 is 1.42 bits per heavy atom. The molecule has 1 fully saturated rings. The molecule has 134 valence electrons. The van der Waals surface area contributed by atoms with E-state index in [1.54, 1.807) is 4.90 Å². The van der Waals surface area contributed by atoms with Gasteiger partial charge in [-0.3, -0.25) is 0 Å². The van der Waals surface area contributed by atoms with Gasteiger partial charge in [-0.2, -0.15) is 0 Å². The molecule has 1 amide bonds. The summed E-state index contributed by atoms with van der Waals surface area (Å²) in [5.74, 6) is -1.75. The number of carbonyl (C=O) groups is 1. The Morgan fingerprint density at radius 2 is 2.12 bits per heavy atom. The number of hydrogen-bond donors (Lipinski definition) is 1. The summed E-state index contributed by atoms with van der Waals surface area (Å²) in [6, 6.07) is 4.01. The van der Waals surface area contributed by atoms with Crippen molar-refractivity contribution < 1.29 is 18.3 Å². The summed E-state index contributed by atoms with van der Waals surface area (Å²) in [5.41, 5.74) is -0.386. The van der Waals surface area contributed by atoms with E-state index in [1.165, 1.54) is 12.1 Å². The lowest BCUT2D eigenvalue weighted by Crippen LogP contribution is -2.41. The van der Waals surface area contributed by atoms with E-state index in [4.69, 9.17) is 4.74 Å². The zero-order chi connectivity index (χ0) is 17.9. The third-order valence-electron chi connectivity index (χ3n) is 3.98. The summed E-state index contributed by atoms with van der Waals surface area (Å²) in [7, 11) is 0. The summed E-state index contributed by atoms with van der Waals surface area (Å²) in [4.78, 5) is 14.0. The molecule has 1 aromatic carbocycles. The van der Waals surface area contributed by atoms with Crippen LogP contribution < -0.4 is 5.32 Å². The molecule has 1 aliphatic heterocycles. The molecule has 0 aromatic heterocycles. The van der Waals surface area contributed by atoms with Gasteiger partial charge in [0.15, 0.2) is 11.6 Å². The van der Waals surface area contributed by atoms with Crippen LogP contribution in [0.3, 0.4) is 0 Å². The van der Waals surface area contributed by atoms with Crippen molar-refractivity contribution in [3.8, 4) is 0 Å². The number of benzene rings is 1. The molecule has 2 rings (SSSR count). The molecule has 1 N–H and O–H groups in total. The fourth-order valence-electron chi connectivity index (χ4n) is 2.99. The Labute approximate surface area is 142 Å². The van der Waals surface area contributed by atoms with Crippen molar-refractivity contribution in [3.63, 3.8) is 0 Å². The summed E-state index contributed by atoms with van der Waals surface area (Å²) < 4.78 is 32.5. The SMILES string of the molecule is CC(CC1CCCN1C(=O)OC(C)(C)C)Nc1cccc(F)c1F. The lowest BCUT2D eigenvalue weighted by Gasteiger charge is -2.30. The van der Waals surface area contributed by atoms with Crippen molar-refractivity contribution in [3.05, 3.63) is 29.8 Å². The first-order valence-corrected chi connectivity index (χ1v) is 8.37. The van der Waals surface area contributed by atoms with E-state index in [9.17, 15) is 13.6 Å². The fourth-order valence-corrected chi connectivity index (χ4v) is 2.99. The van der Waals surface area contributed by atoms with Gasteiger partial charge in [-0.25, -0.2) is 13.6 Å². The Bertz CT molecular complexity index is 587. The molecule has 0 radical (unpaired) electrons. The van der Waals surface area contributed by atoms with E-state index in [-0.39, 0.29) is 23.9 Å². The third kappa shape index (κ3) is 4.82. The van der Waals surface area contributed by atoms with Crippen LogP contribution in [0.15, 0.2) is 18.2 Å². The zero-order valence-corrected chi connectivity index (χ0v) is 14.7. The molecule has 2 unspecified atom stereocenters. The van der Waals surface area contributed by atoms with Gasteiger partial charge >= 0.3 is 6.09 Å². The molecule has 1 heterocycles. The monoisotopic (exact) mass is 340 g/mol. The smallest absolute Gasteiger partial charge is 0.410 e. The summed E-state index contributed by atoms with van der Waals surface area (Å²) >= 11 is 0. The molecule has 1 saturated heterocycles. The van der Waals surface area contributed by atoms with Gasteiger partial charge in [-0.05, 0) is 59.1 Å². The normalized spacial score (nSPS) is 19.2. The molecule has 0 spiro atoms. The topological polar surface area (TPSA) is 41.6 Å². The number of hydrogen-bond acceptors (Lipinski definition) is 3. The largest absolute Gasteiger partial charge is 0.444 e. The first-order chi connectivity index (χ1) is 11.2. The fraction of sp³-hybridized carbons (Fsp3) is 0.611. The van der Waals surface area contributed by atoms with Gasteiger partial charge in [0, 0.05) is 18.6 Å². The molecule has 1 aliphatic rings. The second-order valence-electron chi connectivity index (χ2n) is 7.35.